The minimum atomic E-state index is 0.832. The summed E-state index contributed by atoms with van der Waals surface area (Å²) in [4.78, 5) is 8.71. The van der Waals surface area contributed by atoms with E-state index in [9.17, 15) is 0 Å². The number of hydrogen-bond acceptors (Lipinski definition) is 3. The topological polar surface area (TPSA) is 18.8 Å². The SMILES string of the molecule is C=NC(=C)N1CCN(C2CCC2)CC1. The first-order chi connectivity index (χ1) is 6.81. The summed E-state index contributed by atoms with van der Waals surface area (Å²) in [5, 5.41) is 0. The first-order valence-electron chi connectivity index (χ1n) is 5.46. The predicted octanol–water partition coefficient (Wildman–Crippen LogP) is 1.33. The lowest BCUT2D eigenvalue weighted by molar-refractivity contribution is 0.0745. The van der Waals surface area contributed by atoms with Crippen molar-refractivity contribution in [3.8, 4) is 0 Å². The predicted molar refractivity (Wildman–Crippen MR) is 59.5 cm³/mol. The minimum absolute atomic E-state index is 0.832. The van der Waals surface area contributed by atoms with E-state index in [1.165, 1.54) is 32.4 Å². The molecule has 0 N–H and O–H groups in total. The van der Waals surface area contributed by atoms with Crippen LogP contribution in [0.15, 0.2) is 17.4 Å². The first kappa shape index (κ1) is 9.71. The Hall–Kier alpha value is -0.830. The number of aliphatic imine (C=N–C) groups is 1. The van der Waals surface area contributed by atoms with Crippen LogP contribution in [0.4, 0.5) is 0 Å². The van der Waals surface area contributed by atoms with E-state index in [-0.39, 0.29) is 0 Å². The van der Waals surface area contributed by atoms with Crippen LogP contribution >= 0.6 is 0 Å². The van der Waals surface area contributed by atoms with Crippen LogP contribution in [0.1, 0.15) is 19.3 Å². The molecule has 2 fully saturated rings. The van der Waals surface area contributed by atoms with Crippen molar-refractivity contribution in [1.82, 2.24) is 9.80 Å². The summed E-state index contributed by atoms with van der Waals surface area (Å²) in [5.41, 5.74) is 0. The maximum absolute atomic E-state index is 3.88. The van der Waals surface area contributed by atoms with Gasteiger partial charge in [0.25, 0.3) is 0 Å². The zero-order chi connectivity index (χ0) is 9.97. The van der Waals surface area contributed by atoms with Gasteiger partial charge in [0, 0.05) is 32.2 Å². The van der Waals surface area contributed by atoms with Crippen LogP contribution in [0, 0.1) is 0 Å². The zero-order valence-corrected chi connectivity index (χ0v) is 8.78. The van der Waals surface area contributed by atoms with E-state index in [4.69, 9.17) is 0 Å². The van der Waals surface area contributed by atoms with Gasteiger partial charge >= 0.3 is 0 Å². The van der Waals surface area contributed by atoms with Crippen LogP contribution in [-0.4, -0.2) is 48.7 Å². The van der Waals surface area contributed by atoms with Gasteiger partial charge in [0.05, 0.1) is 0 Å². The smallest absolute Gasteiger partial charge is 0.120 e. The standard InChI is InChI=1S/C11H19N3/c1-10(12-2)13-6-8-14(9-7-13)11-4-3-5-11/h11H,1-9H2. The largest absolute Gasteiger partial charge is 0.355 e. The average Bonchev–Trinajstić information content (AvgIpc) is 2.15. The molecular formula is C11H19N3. The molecule has 0 atom stereocenters. The second kappa shape index (κ2) is 4.13. The highest BCUT2D eigenvalue weighted by Crippen LogP contribution is 2.25. The monoisotopic (exact) mass is 193 g/mol. The fraction of sp³-hybridized carbons (Fsp3) is 0.727. The fourth-order valence-corrected chi connectivity index (χ4v) is 2.20. The molecule has 1 saturated heterocycles. The third kappa shape index (κ3) is 1.82. The molecule has 0 aromatic heterocycles. The highest BCUT2D eigenvalue weighted by atomic mass is 15.3. The fourth-order valence-electron chi connectivity index (χ4n) is 2.20. The second-order valence-corrected chi connectivity index (χ2v) is 4.18. The van der Waals surface area contributed by atoms with Crippen molar-refractivity contribution in [1.29, 1.82) is 0 Å². The van der Waals surface area contributed by atoms with Crippen molar-refractivity contribution in [3.05, 3.63) is 12.4 Å². The van der Waals surface area contributed by atoms with E-state index in [1.807, 2.05) is 0 Å². The highest BCUT2D eigenvalue weighted by molar-refractivity contribution is 5.27. The summed E-state index contributed by atoms with van der Waals surface area (Å²) >= 11 is 0. The molecule has 1 heterocycles. The summed E-state index contributed by atoms with van der Waals surface area (Å²) in [6.07, 6.45) is 4.23. The van der Waals surface area contributed by atoms with Gasteiger partial charge in [-0.25, -0.2) is 4.99 Å². The molecule has 1 aliphatic carbocycles. The molecule has 1 aliphatic heterocycles. The van der Waals surface area contributed by atoms with Crippen molar-refractivity contribution >= 4 is 6.72 Å². The zero-order valence-electron chi connectivity index (χ0n) is 8.78. The summed E-state index contributed by atoms with van der Waals surface area (Å²) in [7, 11) is 0. The molecule has 0 bridgehead atoms. The Morgan fingerprint density at radius 1 is 1.14 bits per heavy atom. The first-order valence-corrected chi connectivity index (χ1v) is 5.46. The van der Waals surface area contributed by atoms with Crippen molar-refractivity contribution in [2.45, 2.75) is 25.3 Å². The lowest BCUT2D eigenvalue weighted by atomic mass is 9.91. The van der Waals surface area contributed by atoms with Crippen LogP contribution in [0.2, 0.25) is 0 Å². The molecule has 3 nitrogen and oxygen atoms in total. The van der Waals surface area contributed by atoms with E-state index in [1.54, 1.807) is 0 Å². The van der Waals surface area contributed by atoms with Gasteiger partial charge in [-0.1, -0.05) is 13.0 Å². The maximum atomic E-state index is 3.88. The summed E-state index contributed by atoms with van der Waals surface area (Å²) in [6, 6.07) is 0.877. The van der Waals surface area contributed by atoms with Gasteiger partial charge < -0.3 is 4.90 Å². The summed E-state index contributed by atoms with van der Waals surface area (Å²) in [5.74, 6) is 0.832. The number of hydrogen-bond donors (Lipinski definition) is 0. The second-order valence-electron chi connectivity index (χ2n) is 4.18. The van der Waals surface area contributed by atoms with Crippen molar-refractivity contribution < 1.29 is 0 Å². The Balaban J connectivity index is 1.79. The van der Waals surface area contributed by atoms with Crippen LogP contribution in [0.5, 0.6) is 0 Å². The van der Waals surface area contributed by atoms with E-state index >= 15 is 0 Å². The van der Waals surface area contributed by atoms with Crippen LogP contribution < -0.4 is 0 Å². The Morgan fingerprint density at radius 2 is 1.79 bits per heavy atom. The van der Waals surface area contributed by atoms with Gasteiger partial charge in [-0.3, -0.25) is 4.90 Å². The Bertz CT molecular complexity index is 225. The van der Waals surface area contributed by atoms with Gasteiger partial charge in [-0.05, 0) is 19.6 Å². The third-order valence-corrected chi connectivity index (χ3v) is 3.45. The Morgan fingerprint density at radius 3 is 2.21 bits per heavy atom. The Kier molecular flexibility index (Phi) is 2.87. The van der Waals surface area contributed by atoms with E-state index in [0.29, 0.717) is 0 Å². The molecule has 0 aromatic rings. The average molecular weight is 193 g/mol. The molecule has 0 radical (unpaired) electrons. The van der Waals surface area contributed by atoms with Gasteiger partial charge in [0.1, 0.15) is 5.82 Å². The number of nitrogens with zero attached hydrogens (tertiary/aromatic N) is 3. The summed E-state index contributed by atoms with van der Waals surface area (Å²) < 4.78 is 0. The molecular weight excluding hydrogens is 174 g/mol. The third-order valence-electron chi connectivity index (χ3n) is 3.45. The molecule has 0 unspecified atom stereocenters. The van der Waals surface area contributed by atoms with Crippen LogP contribution in [0.3, 0.4) is 0 Å². The molecule has 2 aliphatic rings. The highest BCUT2D eigenvalue weighted by Gasteiger charge is 2.27. The normalized spacial score (nSPS) is 24.4. The molecule has 0 aromatic carbocycles. The number of piperazine rings is 1. The molecule has 0 spiro atoms. The van der Waals surface area contributed by atoms with Crippen molar-refractivity contribution in [3.63, 3.8) is 0 Å². The van der Waals surface area contributed by atoms with Crippen LogP contribution in [-0.2, 0) is 0 Å². The van der Waals surface area contributed by atoms with Gasteiger partial charge in [0.2, 0.25) is 0 Å². The van der Waals surface area contributed by atoms with Crippen molar-refractivity contribution in [2.75, 3.05) is 26.2 Å². The lowest BCUT2D eigenvalue weighted by Gasteiger charge is -2.43. The van der Waals surface area contributed by atoms with Crippen LogP contribution in [0.25, 0.3) is 0 Å². The quantitative estimate of drug-likeness (QED) is 0.630. The molecule has 78 valence electrons. The van der Waals surface area contributed by atoms with Gasteiger partial charge in [0.15, 0.2) is 0 Å². The van der Waals surface area contributed by atoms with Gasteiger partial charge in [-0.2, -0.15) is 0 Å². The van der Waals surface area contributed by atoms with Gasteiger partial charge in [-0.15, -0.1) is 0 Å². The van der Waals surface area contributed by atoms with E-state index < -0.39 is 0 Å². The molecule has 0 amide bonds. The van der Waals surface area contributed by atoms with Crippen molar-refractivity contribution in [2.24, 2.45) is 4.99 Å². The Labute approximate surface area is 86.1 Å². The molecule has 1 saturated carbocycles. The van der Waals surface area contributed by atoms with E-state index in [0.717, 1.165) is 25.0 Å². The number of rotatable bonds is 3. The summed E-state index contributed by atoms with van der Waals surface area (Å²) in [6.45, 7) is 11.9. The molecule has 3 heteroatoms. The minimum Gasteiger partial charge on any atom is -0.355 e. The molecule has 2 rings (SSSR count). The maximum Gasteiger partial charge on any atom is 0.120 e. The lowest BCUT2D eigenvalue weighted by Crippen LogP contribution is -2.51. The molecule has 14 heavy (non-hydrogen) atoms. The van der Waals surface area contributed by atoms with E-state index in [2.05, 4.69) is 28.1 Å².